The van der Waals surface area contributed by atoms with E-state index in [9.17, 15) is 14.7 Å². The minimum Gasteiger partial charge on any atom is -0.507 e. The van der Waals surface area contributed by atoms with Gasteiger partial charge in [0.2, 0.25) is 0 Å². The summed E-state index contributed by atoms with van der Waals surface area (Å²) in [5, 5.41) is 11.2. The summed E-state index contributed by atoms with van der Waals surface area (Å²) in [5.41, 5.74) is 1.28. The third-order valence-corrected chi connectivity index (χ3v) is 6.23. The molecule has 0 aromatic heterocycles. The zero-order valence-electron chi connectivity index (χ0n) is 18.5. The molecule has 1 saturated carbocycles. The molecule has 1 amide bonds. The standard InChI is InChI=1S/C26H29NO5/c1-3-16-32-19-14-12-17(13-15-19)24(28)22-23(20-10-6-7-11-21(20)31-2)27(26(30)25(22)29)18-8-4-5-9-18/h6-7,10-15,18,23,28H,3-5,8-9,16H2,1-2H3/b24-22-. The number of nitrogens with zero attached hydrogens (tertiary/aromatic N) is 1. The van der Waals surface area contributed by atoms with Gasteiger partial charge in [-0.15, -0.1) is 0 Å². The first-order valence-electron chi connectivity index (χ1n) is 11.2. The summed E-state index contributed by atoms with van der Waals surface area (Å²) >= 11 is 0. The maximum atomic E-state index is 13.2. The number of methoxy groups -OCH3 is 1. The van der Waals surface area contributed by atoms with Crippen LogP contribution in [0.5, 0.6) is 11.5 Å². The normalized spacial score (nSPS) is 20.7. The third kappa shape index (κ3) is 3.97. The van der Waals surface area contributed by atoms with Crippen molar-refractivity contribution in [1.82, 2.24) is 4.90 Å². The summed E-state index contributed by atoms with van der Waals surface area (Å²) in [6.07, 6.45) is 4.63. The van der Waals surface area contributed by atoms with Gasteiger partial charge in [0.15, 0.2) is 0 Å². The number of aliphatic hydroxyl groups excluding tert-OH is 1. The molecular formula is C26H29NO5. The van der Waals surface area contributed by atoms with Gasteiger partial charge in [0, 0.05) is 17.2 Å². The molecule has 1 unspecified atom stereocenters. The molecule has 1 atom stereocenters. The van der Waals surface area contributed by atoms with E-state index in [-0.39, 0.29) is 17.4 Å². The van der Waals surface area contributed by atoms with Gasteiger partial charge in [-0.25, -0.2) is 0 Å². The molecule has 1 N–H and O–H groups in total. The molecule has 2 aromatic rings. The van der Waals surface area contributed by atoms with Gasteiger partial charge < -0.3 is 19.5 Å². The fourth-order valence-corrected chi connectivity index (χ4v) is 4.69. The van der Waals surface area contributed by atoms with E-state index >= 15 is 0 Å². The van der Waals surface area contributed by atoms with Crippen molar-refractivity contribution < 1.29 is 24.2 Å². The van der Waals surface area contributed by atoms with Crippen molar-refractivity contribution in [3.8, 4) is 11.5 Å². The zero-order chi connectivity index (χ0) is 22.7. The van der Waals surface area contributed by atoms with Gasteiger partial charge in [0.05, 0.1) is 25.3 Å². The lowest BCUT2D eigenvalue weighted by Crippen LogP contribution is -2.37. The molecule has 168 valence electrons. The van der Waals surface area contributed by atoms with Crippen LogP contribution in [0.4, 0.5) is 0 Å². The predicted octanol–water partition coefficient (Wildman–Crippen LogP) is 4.85. The Kier molecular flexibility index (Phi) is 6.49. The molecule has 1 saturated heterocycles. The van der Waals surface area contributed by atoms with Crippen molar-refractivity contribution in [2.45, 2.75) is 51.1 Å². The topological polar surface area (TPSA) is 76.1 Å². The van der Waals surface area contributed by atoms with Crippen LogP contribution in [0.1, 0.15) is 56.2 Å². The van der Waals surface area contributed by atoms with E-state index in [0.29, 0.717) is 29.2 Å². The number of aliphatic hydroxyl groups is 1. The van der Waals surface area contributed by atoms with E-state index in [0.717, 1.165) is 32.1 Å². The zero-order valence-corrected chi connectivity index (χ0v) is 18.5. The fraction of sp³-hybridized carbons (Fsp3) is 0.385. The van der Waals surface area contributed by atoms with Crippen molar-refractivity contribution in [2.24, 2.45) is 0 Å². The van der Waals surface area contributed by atoms with Crippen LogP contribution in [0.15, 0.2) is 54.1 Å². The van der Waals surface area contributed by atoms with Crippen LogP contribution in [-0.4, -0.2) is 41.5 Å². The Morgan fingerprint density at radius 3 is 2.41 bits per heavy atom. The Labute approximate surface area is 188 Å². The van der Waals surface area contributed by atoms with E-state index in [1.165, 1.54) is 0 Å². The maximum Gasteiger partial charge on any atom is 0.295 e. The van der Waals surface area contributed by atoms with Gasteiger partial charge in [-0.2, -0.15) is 0 Å². The first-order chi connectivity index (χ1) is 15.6. The Morgan fingerprint density at radius 2 is 1.75 bits per heavy atom. The number of benzene rings is 2. The second-order valence-corrected chi connectivity index (χ2v) is 8.26. The molecule has 6 heteroatoms. The Morgan fingerprint density at radius 1 is 1.06 bits per heavy atom. The predicted molar refractivity (Wildman–Crippen MR) is 122 cm³/mol. The number of hydrogen-bond donors (Lipinski definition) is 1. The van der Waals surface area contributed by atoms with E-state index in [4.69, 9.17) is 9.47 Å². The number of amides is 1. The monoisotopic (exact) mass is 435 g/mol. The molecule has 1 aliphatic heterocycles. The van der Waals surface area contributed by atoms with Crippen LogP contribution < -0.4 is 9.47 Å². The number of para-hydroxylation sites is 1. The first-order valence-corrected chi connectivity index (χ1v) is 11.2. The van der Waals surface area contributed by atoms with Crippen molar-refractivity contribution in [3.05, 3.63) is 65.2 Å². The van der Waals surface area contributed by atoms with Crippen molar-refractivity contribution in [1.29, 1.82) is 0 Å². The molecule has 6 nitrogen and oxygen atoms in total. The molecule has 2 aliphatic rings. The fourth-order valence-electron chi connectivity index (χ4n) is 4.69. The largest absolute Gasteiger partial charge is 0.507 e. The third-order valence-electron chi connectivity index (χ3n) is 6.23. The van der Waals surface area contributed by atoms with Gasteiger partial charge in [-0.05, 0) is 49.6 Å². The lowest BCUT2D eigenvalue weighted by molar-refractivity contribution is -0.141. The van der Waals surface area contributed by atoms with Crippen LogP contribution in [0.2, 0.25) is 0 Å². The molecule has 0 spiro atoms. The highest BCUT2D eigenvalue weighted by Gasteiger charge is 2.49. The van der Waals surface area contributed by atoms with Gasteiger partial charge in [0.1, 0.15) is 17.3 Å². The number of rotatable bonds is 7. The number of carbonyl (C=O) groups is 2. The van der Waals surface area contributed by atoms with E-state index in [2.05, 4.69) is 0 Å². The molecule has 32 heavy (non-hydrogen) atoms. The van der Waals surface area contributed by atoms with E-state index < -0.39 is 17.7 Å². The Bertz CT molecular complexity index is 1020. The van der Waals surface area contributed by atoms with Gasteiger partial charge >= 0.3 is 0 Å². The average Bonchev–Trinajstić information content (AvgIpc) is 3.44. The molecule has 1 aliphatic carbocycles. The Balaban J connectivity index is 1.82. The second kappa shape index (κ2) is 9.47. The molecular weight excluding hydrogens is 406 g/mol. The molecule has 0 radical (unpaired) electrons. The number of likely N-dealkylation sites (tertiary alicyclic amines) is 1. The molecule has 0 bridgehead atoms. The second-order valence-electron chi connectivity index (χ2n) is 8.26. The minimum atomic E-state index is -0.690. The van der Waals surface area contributed by atoms with Gasteiger partial charge in [-0.3, -0.25) is 9.59 Å². The number of ketones is 1. The molecule has 2 aromatic carbocycles. The average molecular weight is 436 g/mol. The quantitative estimate of drug-likeness (QED) is 0.382. The highest BCUT2D eigenvalue weighted by Crippen LogP contribution is 2.45. The van der Waals surface area contributed by atoms with Crippen molar-refractivity contribution >= 4 is 17.4 Å². The molecule has 1 heterocycles. The van der Waals surface area contributed by atoms with E-state index in [1.54, 1.807) is 36.3 Å². The SMILES string of the molecule is CCCOc1ccc(/C(O)=C2/C(=O)C(=O)N(C3CCCC3)C2c2ccccc2OC)cc1. The van der Waals surface area contributed by atoms with Crippen molar-refractivity contribution in [3.63, 3.8) is 0 Å². The first kappa shape index (κ1) is 21.9. The van der Waals surface area contributed by atoms with Crippen LogP contribution in [0.25, 0.3) is 5.76 Å². The summed E-state index contributed by atoms with van der Waals surface area (Å²) in [7, 11) is 1.57. The summed E-state index contributed by atoms with van der Waals surface area (Å²) in [5.74, 6) is -0.122. The van der Waals surface area contributed by atoms with Crippen LogP contribution in [0.3, 0.4) is 0 Å². The van der Waals surface area contributed by atoms with Crippen molar-refractivity contribution in [2.75, 3.05) is 13.7 Å². The highest BCUT2D eigenvalue weighted by atomic mass is 16.5. The number of hydrogen-bond acceptors (Lipinski definition) is 5. The van der Waals surface area contributed by atoms with Crippen LogP contribution in [-0.2, 0) is 9.59 Å². The van der Waals surface area contributed by atoms with E-state index in [1.807, 2.05) is 31.2 Å². The summed E-state index contributed by atoms with van der Waals surface area (Å²) in [4.78, 5) is 28.0. The summed E-state index contributed by atoms with van der Waals surface area (Å²) in [6, 6.07) is 13.6. The highest BCUT2D eigenvalue weighted by molar-refractivity contribution is 6.46. The summed E-state index contributed by atoms with van der Waals surface area (Å²) in [6.45, 7) is 2.63. The lowest BCUT2D eigenvalue weighted by atomic mass is 9.94. The number of ether oxygens (including phenoxy) is 2. The Hall–Kier alpha value is -3.28. The molecule has 2 fully saturated rings. The lowest BCUT2D eigenvalue weighted by Gasteiger charge is -2.31. The number of carbonyl (C=O) groups excluding carboxylic acids is 2. The van der Waals surface area contributed by atoms with Crippen LogP contribution in [0, 0.1) is 0 Å². The molecule has 4 rings (SSSR count). The minimum absolute atomic E-state index is 0.0310. The van der Waals surface area contributed by atoms with Crippen LogP contribution >= 0.6 is 0 Å². The number of Topliss-reactive ketones (excluding diaryl/α,β-unsaturated/α-hetero) is 1. The summed E-state index contributed by atoms with van der Waals surface area (Å²) < 4.78 is 11.2. The maximum absolute atomic E-state index is 13.2. The van der Waals surface area contributed by atoms with Gasteiger partial charge in [-0.1, -0.05) is 38.0 Å². The van der Waals surface area contributed by atoms with Gasteiger partial charge in [0.25, 0.3) is 11.7 Å². The smallest absolute Gasteiger partial charge is 0.295 e.